The van der Waals surface area contributed by atoms with Crippen molar-refractivity contribution in [2.45, 2.75) is 11.4 Å². The highest BCUT2D eigenvalue weighted by molar-refractivity contribution is 7.90. The molecule has 1 N–H and O–H groups in total. The summed E-state index contributed by atoms with van der Waals surface area (Å²) >= 11 is 0. The van der Waals surface area contributed by atoms with E-state index >= 15 is 0 Å². The number of hydrogen-bond donors (Lipinski definition) is 1. The van der Waals surface area contributed by atoms with Crippen LogP contribution in [-0.2, 0) is 23.4 Å². The highest BCUT2D eigenvalue weighted by Gasteiger charge is 2.06. The number of sulfone groups is 1. The summed E-state index contributed by atoms with van der Waals surface area (Å²) in [5, 5.41) is 3.17. The zero-order chi connectivity index (χ0) is 13.2. The smallest absolute Gasteiger partial charge is 0.202 e. The van der Waals surface area contributed by atoms with Crippen LogP contribution < -0.4 is 5.32 Å². The standard InChI is InChI=1S/C12H15N3O2S/c1-15-8-7-13-12(15)14-9-10-3-5-11(6-4-10)18(2,16)17/h3-8H,9H2,1-2H3,(H,13,14). The summed E-state index contributed by atoms with van der Waals surface area (Å²) in [6.45, 7) is 0.606. The average Bonchev–Trinajstić information content (AvgIpc) is 2.72. The molecule has 0 fully saturated rings. The van der Waals surface area contributed by atoms with E-state index in [0.717, 1.165) is 11.5 Å². The van der Waals surface area contributed by atoms with Crippen molar-refractivity contribution in [3.63, 3.8) is 0 Å². The van der Waals surface area contributed by atoms with Crippen molar-refractivity contribution < 1.29 is 8.42 Å². The van der Waals surface area contributed by atoms with Crippen LogP contribution in [0, 0.1) is 0 Å². The SMILES string of the molecule is Cn1ccnc1NCc1ccc(S(C)(=O)=O)cc1. The third-order valence-electron chi connectivity index (χ3n) is 2.62. The predicted molar refractivity (Wildman–Crippen MR) is 70.1 cm³/mol. The number of aromatic nitrogens is 2. The van der Waals surface area contributed by atoms with Crippen molar-refractivity contribution in [3.8, 4) is 0 Å². The first-order valence-electron chi connectivity index (χ1n) is 5.47. The fraction of sp³-hybridized carbons (Fsp3) is 0.250. The van der Waals surface area contributed by atoms with E-state index in [0.29, 0.717) is 11.4 Å². The molecule has 0 atom stereocenters. The van der Waals surface area contributed by atoms with Crippen LogP contribution in [0.3, 0.4) is 0 Å². The lowest BCUT2D eigenvalue weighted by atomic mass is 10.2. The summed E-state index contributed by atoms with van der Waals surface area (Å²) in [5.41, 5.74) is 1.01. The summed E-state index contributed by atoms with van der Waals surface area (Å²) in [6, 6.07) is 6.83. The van der Waals surface area contributed by atoms with Gasteiger partial charge in [0, 0.05) is 32.2 Å². The third-order valence-corrected chi connectivity index (χ3v) is 3.75. The normalized spacial score (nSPS) is 11.4. The van der Waals surface area contributed by atoms with Gasteiger partial charge in [0.25, 0.3) is 0 Å². The van der Waals surface area contributed by atoms with Crippen LogP contribution in [0.1, 0.15) is 5.56 Å². The van der Waals surface area contributed by atoms with Gasteiger partial charge in [-0.15, -0.1) is 0 Å². The van der Waals surface area contributed by atoms with Gasteiger partial charge in [-0.05, 0) is 17.7 Å². The first kappa shape index (κ1) is 12.6. The Morgan fingerprint density at radius 1 is 1.28 bits per heavy atom. The summed E-state index contributed by atoms with van der Waals surface area (Å²) in [7, 11) is -1.22. The molecule has 0 unspecified atom stereocenters. The number of aryl methyl sites for hydroxylation is 1. The lowest BCUT2D eigenvalue weighted by Gasteiger charge is -2.06. The van der Waals surface area contributed by atoms with Crippen molar-refractivity contribution in [3.05, 3.63) is 42.2 Å². The van der Waals surface area contributed by atoms with E-state index in [4.69, 9.17) is 0 Å². The molecule has 18 heavy (non-hydrogen) atoms. The van der Waals surface area contributed by atoms with Crippen LogP contribution >= 0.6 is 0 Å². The number of imidazole rings is 1. The number of nitrogens with one attached hydrogen (secondary N) is 1. The molecule has 0 bridgehead atoms. The molecule has 0 spiro atoms. The molecule has 2 rings (SSSR count). The Balaban J connectivity index is 2.05. The molecule has 0 aliphatic heterocycles. The molecular weight excluding hydrogens is 250 g/mol. The maximum atomic E-state index is 11.3. The average molecular weight is 265 g/mol. The van der Waals surface area contributed by atoms with E-state index in [1.807, 2.05) is 17.8 Å². The second-order valence-corrected chi connectivity index (χ2v) is 6.15. The van der Waals surface area contributed by atoms with Gasteiger partial charge in [0.05, 0.1) is 4.90 Å². The molecule has 96 valence electrons. The fourth-order valence-corrected chi connectivity index (χ4v) is 2.20. The van der Waals surface area contributed by atoms with Crippen LogP contribution in [0.15, 0.2) is 41.6 Å². The van der Waals surface area contributed by atoms with E-state index < -0.39 is 9.84 Å². The molecule has 1 aromatic heterocycles. The van der Waals surface area contributed by atoms with Crippen molar-refractivity contribution in [1.82, 2.24) is 9.55 Å². The maximum absolute atomic E-state index is 11.3. The van der Waals surface area contributed by atoms with Crippen LogP contribution in [0.4, 0.5) is 5.95 Å². The highest BCUT2D eigenvalue weighted by Crippen LogP contribution is 2.11. The van der Waals surface area contributed by atoms with Crippen molar-refractivity contribution >= 4 is 15.8 Å². The monoisotopic (exact) mass is 265 g/mol. The first-order valence-corrected chi connectivity index (χ1v) is 7.36. The zero-order valence-corrected chi connectivity index (χ0v) is 11.1. The van der Waals surface area contributed by atoms with E-state index in [1.165, 1.54) is 6.26 Å². The Hall–Kier alpha value is -1.82. The van der Waals surface area contributed by atoms with Crippen LogP contribution in [-0.4, -0.2) is 24.2 Å². The molecule has 0 aliphatic carbocycles. The molecule has 1 heterocycles. The first-order chi connectivity index (χ1) is 8.47. The largest absolute Gasteiger partial charge is 0.352 e. The lowest BCUT2D eigenvalue weighted by molar-refractivity contribution is 0.602. The summed E-state index contributed by atoms with van der Waals surface area (Å²) in [5.74, 6) is 0.780. The summed E-state index contributed by atoms with van der Waals surface area (Å²) in [4.78, 5) is 4.48. The minimum Gasteiger partial charge on any atom is -0.352 e. The molecular formula is C12H15N3O2S. The Morgan fingerprint density at radius 2 is 1.94 bits per heavy atom. The molecule has 5 nitrogen and oxygen atoms in total. The van der Waals surface area contributed by atoms with Crippen LogP contribution in [0.25, 0.3) is 0 Å². The van der Waals surface area contributed by atoms with Crippen molar-refractivity contribution in [1.29, 1.82) is 0 Å². The fourth-order valence-electron chi connectivity index (χ4n) is 1.57. The maximum Gasteiger partial charge on any atom is 0.202 e. The van der Waals surface area contributed by atoms with Gasteiger partial charge in [-0.2, -0.15) is 0 Å². The van der Waals surface area contributed by atoms with Crippen molar-refractivity contribution in [2.24, 2.45) is 7.05 Å². The molecule has 0 saturated carbocycles. The minimum absolute atomic E-state index is 0.336. The van der Waals surface area contributed by atoms with Crippen molar-refractivity contribution in [2.75, 3.05) is 11.6 Å². The summed E-state index contributed by atoms with van der Waals surface area (Å²) in [6.07, 6.45) is 4.78. The Morgan fingerprint density at radius 3 is 2.44 bits per heavy atom. The molecule has 0 radical (unpaired) electrons. The van der Waals surface area contributed by atoms with Crippen LogP contribution in [0.5, 0.6) is 0 Å². The number of rotatable bonds is 4. The van der Waals surface area contributed by atoms with Gasteiger partial charge in [-0.25, -0.2) is 13.4 Å². The van der Waals surface area contributed by atoms with E-state index in [-0.39, 0.29) is 0 Å². The van der Waals surface area contributed by atoms with Gasteiger partial charge in [-0.3, -0.25) is 0 Å². The predicted octanol–water partition coefficient (Wildman–Crippen LogP) is 1.44. The molecule has 0 saturated heterocycles. The molecule has 2 aromatic rings. The molecule has 0 aliphatic rings. The van der Waals surface area contributed by atoms with Gasteiger partial charge in [0.1, 0.15) is 0 Å². The Kier molecular flexibility index (Phi) is 3.38. The number of nitrogens with zero attached hydrogens (tertiary/aromatic N) is 2. The molecule has 6 heteroatoms. The number of hydrogen-bond acceptors (Lipinski definition) is 4. The van der Waals surface area contributed by atoms with Gasteiger partial charge in [0.15, 0.2) is 9.84 Å². The summed E-state index contributed by atoms with van der Waals surface area (Å²) < 4.78 is 24.5. The number of anilines is 1. The quantitative estimate of drug-likeness (QED) is 0.908. The van der Waals surface area contributed by atoms with Gasteiger partial charge in [0.2, 0.25) is 5.95 Å². The Labute approximate surface area is 106 Å². The van der Waals surface area contributed by atoms with Gasteiger partial charge < -0.3 is 9.88 Å². The molecule has 1 aromatic carbocycles. The van der Waals surface area contributed by atoms with E-state index in [2.05, 4.69) is 10.3 Å². The zero-order valence-electron chi connectivity index (χ0n) is 10.3. The Bertz CT molecular complexity index is 630. The van der Waals surface area contributed by atoms with Crippen LogP contribution in [0.2, 0.25) is 0 Å². The van der Waals surface area contributed by atoms with Gasteiger partial charge >= 0.3 is 0 Å². The highest BCUT2D eigenvalue weighted by atomic mass is 32.2. The van der Waals surface area contributed by atoms with E-state index in [1.54, 1.807) is 30.5 Å². The minimum atomic E-state index is -3.12. The second-order valence-electron chi connectivity index (χ2n) is 4.13. The number of benzene rings is 1. The van der Waals surface area contributed by atoms with E-state index in [9.17, 15) is 8.42 Å². The topological polar surface area (TPSA) is 64.0 Å². The molecule has 0 amide bonds. The lowest BCUT2D eigenvalue weighted by Crippen LogP contribution is -2.05. The third kappa shape index (κ3) is 2.89. The second kappa shape index (κ2) is 4.81. The van der Waals surface area contributed by atoms with Gasteiger partial charge in [-0.1, -0.05) is 12.1 Å².